The number of nitro groups is 1. The van der Waals surface area contributed by atoms with Gasteiger partial charge in [0, 0.05) is 17.7 Å². The largest absolute Gasteiger partial charge is 0.463 e. The topological polar surface area (TPSA) is 91.0 Å². The van der Waals surface area contributed by atoms with Gasteiger partial charge in [-0.3, -0.25) is 10.1 Å². The van der Waals surface area contributed by atoms with E-state index in [4.69, 9.17) is 9.47 Å². The van der Waals surface area contributed by atoms with Crippen LogP contribution in [-0.2, 0) is 14.3 Å². The number of halogens is 1. The van der Waals surface area contributed by atoms with Crippen molar-refractivity contribution in [3.05, 3.63) is 75.8 Å². The van der Waals surface area contributed by atoms with Crippen LogP contribution in [0.4, 0.5) is 5.69 Å². The minimum atomic E-state index is -1.32. The molecular formula is C19H17IN2O5. The molecule has 1 aliphatic rings. The van der Waals surface area contributed by atoms with Crippen molar-refractivity contribution in [1.82, 2.24) is 0 Å². The Hall–Kier alpha value is -2.49. The molecule has 0 aromatic heterocycles. The molecule has 0 radical (unpaired) electrons. The number of hydrogen-bond acceptors (Lipinski definition) is 6. The molecule has 0 N–H and O–H groups in total. The highest BCUT2D eigenvalue weighted by Crippen LogP contribution is 2.42. The zero-order valence-corrected chi connectivity index (χ0v) is 16.7. The summed E-state index contributed by atoms with van der Waals surface area (Å²) in [5.41, 5.74) is 0.0514. The highest BCUT2D eigenvalue weighted by Gasteiger charge is 2.54. The molecule has 0 unspecified atom stereocenters. The van der Waals surface area contributed by atoms with Crippen LogP contribution in [0.5, 0.6) is 0 Å². The normalized spacial score (nSPS) is 21.3. The number of esters is 1. The van der Waals surface area contributed by atoms with Crippen molar-refractivity contribution < 1.29 is 19.2 Å². The van der Waals surface area contributed by atoms with E-state index >= 15 is 0 Å². The molecule has 140 valence electrons. The first-order chi connectivity index (χ1) is 13.0. The van der Waals surface area contributed by atoms with Crippen LogP contribution in [0.1, 0.15) is 24.1 Å². The Kier molecular flexibility index (Phi) is 5.73. The summed E-state index contributed by atoms with van der Waals surface area (Å²) < 4.78 is 11.7. The van der Waals surface area contributed by atoms with Crippen LogP contribution >= 0.6 is 22.6 Å². The molecule has 8 heteroatoms. The molecule has 0 bridgehead atoms. The number of nitrogens with zero attached hydrogens (tertiary/aromatic N) is 2. The third-order valence-electron chi connectivity index (χ3n) is 4.23. The predicted molar refractivity (Wildman–Crippen MR) is 108 cm³/mol. The fourth-order valence-electron chi connectivity index (χ4n) is 2.87. The number of carbonyl (C=O) groups excluding carboxylic acids is 1. The lowest BCUT2D eigenvalue weighted by atomic mass is 9.91. The third-order valence-corrected chi connectivity index (χ3v) is 5.36. The van der Waals surface area contributed by atoms with E-state index < -0.39 is 22.5 Å². The minimum Gasteiger partial charge on any atom is -0.463 e. The number of rotatable bonds is 6. The maximum atomic E-state index is 12.8. The van der Waals surface area contributed by atoms with E-state index in [1.807, 2.05) is 30.3 Å². The van der Waals surface area contributed by atoms with E-state index in [0.29, 0.717) is 15.9 Å². The van der Waals surface area contributed by atoms with E-state index in [1.54, 1.807) is 19.1 Å². The molecule has 7 nitrogen and oxygen atoms in total. The number of ether oxygens (including phenoxy) is 2. The van der Waals surface area contributed by atoms with Gasteiger partial charge in [0.25, 0.3) is 5.69 Å². The van der Waals surface area contributed by atoms with Crippen LogP contribution in [-0.4, -0.2) is 33.4 Å². The summed E-state index contributed by atoms with van der Waals surface area (Å²) >= 11 is 2.08. The molecule has 2 aromatic rings. The lowest BCUT2D eigenvalue weighted by molar-refractivity contribution is -0.384. The number of nitro benzene ring substituents is 1. The number of non-ortho nitro benzene ring substituents is 1. The summed E-state index contributed by atoms with van der Waals surface area (Å²) in [7, 11) is 0. The van der Waals surface area contributed by atoms with Crippen molar-refractivity contribution in [3.63, 3.8) is 0 Å². The number of hydrogen-bond donors (Lipinski definition) is 0. The smallest absolute Gasteiger partial charge is 0.354 e. The van der Waals surface area contributed by atoms with E-state index in [2.05, 4.69) is 27.6 Å². The second-order valence-corrected chi connectivity index (χ2v) is 6.66. The van der Waals surface area contributed by atoms with Crippen LogP contribution in [0.2, 0.25) is 0 Å². The number of carbonyl (C=O) groups is 1. The van der Waals surface area contributed by atoms with Crippen molar-refractivity contribution in [1.29, 1.82) is 0 Å². The van der Waals surface area contributed by atoms with Gasteiger partial charge in [-0.15, -0.1) is 0 Å². The van der Waals surface area contributed by atoms with Crippen LogP contribution in [0.25, 0.3) is 0 Å². The Labute approximate surface area is 169 Å². The van der Waals surface area contributed by atoms with Crippen LogP contribution in [0.15, 0.2) is 59.6 Å². The fraction of sp³-hybridized carbons (Fsp3) is 0.263. The van der Waals surface area contributed by atoms with Gasteiger partial charge >= 0.3 is 5.97 Å². The van der Waals surface area contributed by atoms with Crippen LogP contribution in [0.3, 0.4) is 0 Å². The van der Waals surface area contributed by atoms with Gasteiger partial charge in [-0.1, -0.05) is 40.8 Å². The Morgan fingerprint density at radius 1 is 1.26 bits per heavy atom. The second-order valence-electron chi connectivity index (χ2n) is 5.90. The molecule has 2 atom stereocenters. The average molecular weight is 480 g/mol. The first-order valence-electron chi connectivity index (χ1n) is 8.31. The second kappa shape index (κ2) is 8.03. The zero-order valence-electron chi connectivity index (χ0n) is 14.5. The maximum Gasteiger partial charge on any atom is 0.354 e. The Morgan fingerprint density at radius 3 is 2.48 bits per heavy atom. The maximum absolute atomic E-state index is 12.8. The van der Waals surface area contributed by atoms with Gasteiger partial charge < -0.3 is 9.47 Å². The molecule has 1 heterocycles. The predicted octanol–water partition coefficient (Wildman–Crippen LogP) is 3.85. The highest BCUT2D eigenvalue weighted by atomic mass is 127. The molecule has 27 heavy (non-hydrogen) atoms. The number of aliphatic imine (C=N–C) groups is 1. The summed E-state index contributed by atoms with van der Waals surface area (Å²) in [5.74, 6) is -0.152. The highest BCUT2D eigenvalue weighted by molar-refractivity contribution is 14.1. The molecule has 0 aliphatic carbocycles. The quantitative estimate of drug-likeness (QED) is 0.206. The molecule has 2 aromatic carbocycles. The number of benzene rings is 2. The lowest BCUT2D eigenvalue weighted by Gasteiger charge is -2.29. The van der Waals surface area contributed by atoms with E-state index in [1.165, 1.54) is 12.1 Å². The molecule has 0 amide bonds. The lowest BCUT2D eigenvalue weighted by Crippen LogP contribution is -2.47. The Bertz CT molecular complexity index is 869. The van der Waals surface area contributed by atoms with E-state index in [-0.39, 0.29) is 12.3 Å². The van der Waals surface area contributed by atoms with Gasteiger partial charge in [-0.05, 0) is 36.8 Å². The van der Waals surface area contributed by atoms with E-state index in [0.717, 1.165) is 5.56 Å². The average Bonchev–Trinajstić information content (AvgIpc) is 3.10. The summed E-state index contributed by atoms with van der Waals surface area (Å²) in [4.78, 5) is 27.9. The molecule has 3 rings (SSSR count). The molecule has 1 aliphatic heterocycles. The minimum absolute atomic E-state index is 0.0267. The summed E-state index contributed by atoms with van der Waals surface area (Å²) in [5, 5.41) is 10.9. The first-order valence-corrected chi connectivity index (χ1v) is 9.84. The van der Waals surface area contributed by atoms with Crippen molar-refractivity contribution in [2.24, 2.45) is 4.99 Å². The van der Waals surface area contributed by atoms with Crippen molar-refractivity contribution in [3.8, 4) is 0 Å². The number of alkyl halides is 1. The van der Waals surface area contributed by atoms with Gasteiger partial charge in [-0.2, -0.15) is 0 Å². The SMILES string of the molecule is CCOC(=O)[C@]1(CI)OC(c2ccccc2)=N[C@H]1c1ccc([N+](=O)[O-])cc1. The summed E-state index contributed by atoms with van der Waals surface area (Å²) in [6.07, 6.45) is 0. The first kappa shape index (κ1) is 19.3. The van der Waals surface area contributed by atoms with Crippen LogP contribution in [0, 0.1) is 10.1 Å². The van der Waals surface area contributed by atoms with Gasteiger partial charge in [0.15, 0.2) is 0 Å². The zero-order chi connectivity index (χ0) is 19.4. The van der Waals surface area contributed by atoms with Crippen LogP contribution < -0.4 is 0 Å². The molecule has 0 spiro atoms. The van der Waals surface area contributed by atoms with Crippen molar-refractivity contribution >= 4 is 40.1 Å². The third kappa shape index (κ3) is 3.66. The standard InChI is InChI=1S/C19H17IN2O5/c1-2-26-18(23)19(12-20)16(13-8-10-15(11-9-13)22(24)25)21-17(27-19)14-6-4-3-5-7-14/h3-11,16H,2,12H2,1H3/t16-,19+/m0/s1. The Morgan fingerprint density at radius 2 is 1.93 bits per heavy atom. The molecule has 0 fully saturated rings. The summed E-state index contributed by atoms with van der Waals surface area (Å²) in [6.45, 7) is 1.95. The van der Waals surface area contributed by atoms with Gasteiger partial charge in [0.2, 0.25) is 11.5 Å². The van der Waals surface area contributed by atoms with Gasteiger partial charge in [-0.25, -0.2) is 9.79 Å². The van der Waals surface area contributed by atoms with Crippen molar-refractivity contribution in [2.45, 2.75) is 18.6 Å². The fourth-order valence-corrected chi connectivity index (χ4v) is 3.76. The molecule has 0 saturated heterocycles. The summed E-state index contributed by atoms with van der Waals surface area (Å²) in [6, 6.07) is 14.6. The Balaban J connectivity index is 2.06. The van der Waals surface area contributed by atoms with Crippen molar-refractivity contribution in [2.75, 3.05) is 11.0 Å². The van der Waals surface area contributed by atoms with Gasteiger partial charge in [0.05, 0.1) is 16.0 Å². The monoisotopic (exact) mass is 480 g/mol. The molecular weight excluding hydrogens is 463 g/mol. The molecule has 0 saturated carbocycles. The van der Waals surface area contributed by atoms with E-state index in [9.17, 15) is 14.9 Å². The van der Waals surface area contributed by atoms with Gasteiger partial charge in [0.1, 0.15) is 6.04 Å².